The number of rotatable bonds is 4. The number of hydrogen-bond acceptors (Lipinski definition) is 2. The number of benzene rings is 1. The Labute approximate surface area is 139 Å². The van der Waals surface area contributed by atoms with Crippen molar-refractivity contribution in [3.63, 3.8) is 0 Å². The van der Waals surface area contributed by atoms with Crippen molar-refractivity contribution < 1.29 is 13.9 Å². The smallest absolute Gasteiger partial charge is 0.309 e. The SMILES string of the molecule is O=C1O[C@H]([C@H](Br)C2CCCCC2)CC1Cc1ccc(F)cc1. The molecule has 0 spiro atoms. The van der Waals surface area contributed by atoms with Gasteiger partial charge < -0.3 is 4.74 Å². The van der Waals surface area contributed by atoms with Gasteiger partial charge in [-0.1, -0.05) is 47.3 Å². The summed E-state index contributed by atoms with van der Waals surface area (Å²) in [4.78, 5) is 12.4. The Hall–Kier alpha value is -0.900. The molecule has 3 atom stereocenters. The lowest BCUT2D eigenvalue weighted by atomic mass is 9.84. The third-order valence-corrected chi connectivity index (χ3v) is 6.31. The Morgan fingerprint density at radius 3 is 2.55 bits per heavy atom. The summed E-state index contributed by atoms with van der Waals surface area (Å²) in [6, 6.07) is 6.40. The first-order valence-corrected chi connectivity index (χ1v) is 9.14. The van der Waals surface area contributed by atoms with Gasteiger partial charge in [-0.25, -0.2) is 4.39 Å². The van der Waals surface area contributed by atoms with E-state index in [9.17, 15) is 9.18 Å². The molecule has 0 bridgehead atoms. The van der Waals surface area contributed by atoms with Crippen molar-refractivity contribution in [3.05, 3.63) is 35.6 Å². The van der Waals surface area contributed by atoms with Gasteiger partial charge in [-0.2, -0.15) is 0 Å². The van der Waals surface area contributed by atoms with Crippen molar-refractivity contribution in [1.82, 2.24) is 0 Å². The van der Waals surface area contributed by atoms with E-state index in [1.807, 2.05) is 0 Å². The molecule has 1 saturated heterocycles. The number of carbonyl (C=O) groups is 1. The summed E-state index contributed by atoms with van der Waals surface area (Å²) in [5.41, 5.74) is 0.993. The fourth-order valence-corrected chi connectivity index (χ4v) is 4.55. The second kappa shape index (κ2) is 7.12. The quantitative estimate of drug-likeness (QED) is 0.571. The fourth-order valence-electron chi connectivity index (χ4n) is 3.69. The molecule has 22 heavy (non-hydrogen) atoms. The molecule has 2 aliphatic rings. The lowest BCUT2D eigenvalue weighted by molar-refractivity contribution is -0.144. The van der Waals surface area contributed by atoms with Gasteiger partial charge in [0.1, 0.15) is 11.9 Å². The molecular weight excluding hydrogens is 347 g/mol. The zero-order chi connectivity index (χ0) is 15.5. The van der Waals surface area contributed by atoms with Crippen LogP contribution in [0.1, 0.15) is 44.1 Å². The van der Waals surface area contributed by atoms with Gasteiger partial charge in [0, 0.05) is 0 Å². The van der Waals surface area contributed by atoms with Crippen molar-refractivity contribution in [2.24, 2.45) is 11.8 Å². The predicted octanol–water partition coefficient (Wildman–Crippen LogP) is 4.64. The highest BCUT2D eigenvalue weighted by Crippen LogP contribution is 2.37. The van der Waals surface area contributed by atoms with Gasteiger partial charge >= 0.3 is 5.97 Å². The van der Waals surface area contributed by atoms with Crippen LogP contribution in [-0.4, -0.2) is 16.9 Å². The molecule has 0 amide bonds. The average molecular weight is 369 g/mol. The first-order valence-electron chi connectivity index (χ1n) is 8.22. The molecule has 1 aromatic carbocycles. The van der Waals surface area contributed by atoms with E-state index in [0.29, 0.717) is 12.3 Å². The number of halogens is 2. The minimum Gasteiger partial charge on any atom is -0.461 e. The van der Waals surface area contributed by atoms with Crippen LogP contribution in [0, 0.1) is 17.7 Å². The Bertz CT molecular complexity index is 510. The highest BCUT2D eigenvalue weighted by atomic mass is 79.9. The van der Waals surface area contributed by atoms with Crippen LogP contribution in [0.3, 0.4) is 0 Å². The molecular formula is C18H22BrFO2. The lowest BCUT2D eigenvalue weighted by Crippen LogP contribution is -2.29. The van der Waals surface area contributed by atoms with Crippen molar-refractivity contribution in [2.75, 3.05) is 0 Å². The van der Waals surface area contributed by atoms with Crippen LogP contribution in [0.4, 0.5) is 4.39 Å². The Balaban J connectivity index is 1.59. The van der Waals surface area contributed by atoms with Gasteiger partial charge in [-0.3, -0.25) is 4.79 Å². The molecule has 1 saturated carbocycles. The number of carbonyl (C=O) groups excluding carboxylic acids is 1. The zero-order valence-corrected chi connectivity index (χ0v) is 14.2. The zero-order valence-electron chi connectivity index (χ0n) is 12.6. The van der Waals surface area contributed by atoms with Gasteiger partial charge in [0.15, 0.2) is 0 Å². The molecule has 0 radical (unpaired) electrons. The Morgan fingerprint density at radius 2 is 1.86 bits per heavy atom. The largest absolute Gasteiger partial charge is 0.461 e. The number of hydrogen-bond donors (Lipinski definition) is 0. The Morgan fingerprint density at radius 1 is 1.18 bits per heavy atom. The van der Waals surface area contributed by atoms with Gasteiger partial charge in [-0.05, 0) is 49.3 Å². The van der Waals surface area contributed by atoms with E-state index in [4.69, 9.17) is 4.74 Å². The summed E-state index contributed by atoms with van der Waals surface area (Å²) in [6.45, 7) is 0. The van der Waals surface area contributed by atoms with Gasteiger partial charge in [0.2, 0.25) is 0 Å². The highest BCUT2D eigenvalue weighted by molar-refractivity contribution is 9.09. The lowest BCUT2D eigenvalue weighted by Gasteiger charge is -2.29. The van der Waals surface area contributed by atoms with E-state index in [2.05, 4.69) is 15.9 Å². The third kappa shape index (κ3) is 3.70. The summed E-state index contributed by atoms with van der Waals surface area (Å²) < 4.78 is 18.6. The number of alkyl halides is 1. The molecule has 1 heterocycles. The van der Waals surface area contributed by atoms with E-state index in [-0.39, 0.29) is 28.6 Å². The van der Waals surface area contributed by atoms with E-state index in [0.717, 1.165) is 12.0 Å². The van der Waals surface area contributed by atoms with Crippen molar-refractivity contribution in [3.8, 4) is 0 Å². The molecule has 1 aliphatic heterocycles. The molecule has 1 aromatic rings. The summed E-state index contributed by atoms with van der Waals surface area (Å²) in [6.07, 6.45) is 7.75. The molecule has 3 rings (SSSR count). The van der Waals surface area contributed by atoms with Gasteiger partial charge in [-0.15, -0.1) is 0 Å². The Kier molecular flexibility index (Phi) is 5.17. The topological polar surface area (TPSA) is 26.3 Å². The maximum absolute atomic E-state index is 13.0. The van der Waals surface area contributed by atoms with Crippen LogP contribution in [0.5, 0.6) is 0 Å². The van der Waals surface area contributed by atoms with E-state index < -0.39 is 0 Å². The normalized spacial score (nSPS) is 27.6. The summed E-state index contributed by atoms with van der Waals surface area (Å²) >= 11 is 3.79. The maximum atomic E-state index is 13.0. The summed E-state index contributed by atoms with van der Waals surface area (Å²) in [5.74, 6) is 0.179. The molecule has 4 heteroatoms. The second-order valence-electron chi connectivity index (χ2n) is 6.58. The van der Waals surface area contributed by atoms with Gasteiger partial charge in [0.05, 0.1) is 10.7 Å². The number of cyclic esters (lactones) is 1. The molecule has 1 unspecified atom stereocenters. The summed E-state index contributed by atoms with van der Waals surface area (Å²) in [5, 5.41) is 0. The third-order valence-electron chi connectivity index (χ3n) is 4.97. The molecule has 1 aliphatic carbocycles. The van der Waals surface area contributed by atoms with E-state index >= 15 is 0 Å². The minimum absolute atomic E-state index is 0.0129. The minimum atomic E-state index is -0.242. The van der Waals surface area contributed by atoms with Crippen LogP contribution < -0.4 is 0 Å². The predicted molar refractivity (Wildman–Crippen MR) is 87.4 cm³/mol. The first kappa shape index (κ1) is 16.0. The maximum Gasteiger partial charge on any atom is 0.309 e. The molecule has 0 N–H and O–H groups in total. The van der Waals surface area contributed by atoms with Crippen molar-refractivity contribution >= 4 is 21.9 Å². The van der Waals surface area contributed by atoms with Crippen LogP contribution in [0.15, 0.2) is 24.3 Å². The van der Waals surface area contributed by atoms with Crippen LogP contribution >= 0.6 is 15.9 Å². The number of ether oxygens (including phenoxy) is 1. The van der Waals surface area contributed by atoms with Gasteiger partial charge in [0.25, 0.3) is 0 Å². The number of esters is 1. The molecule has 120 valence electrons. The van der Waals surface area contributed by atoms with Crippen LogP contribution in [0.25, 0.3) is 0 Å². The van der Waals surface area contributed by atoms with Crippen molar-refractivity contribution in [1.29, 1.82) is 0 Å². The van der Waals surface area contributed by atoms with Crippen LogP contribution in [-0.2, 0) is 16.0 Å². The summed E-state index contributed by atoms with van der Waals surface area (Å²) in [7, 11) is 0. The standard InChI is InChI=1S/C18H22BrFO2/c19-17(13-4-2-1-3-5-13)16-11-14(18(21)22-16)10-12-6-8-15(20)9-7-12/h6-9,13-14,16-17H,1-5,10-11H2/t14?,16-,17+/m0/s1. The van der Waals surface area contributed by atoms with Crippen molar-refractivity contribution in [2.45, 2.75) is 55.9 Å². The second-order valence-corrected chi connectivity index (χ2v) is 7.64. The van der Waals surface area contributed by atoms with Crippen LogP contribution in [0.2, 0.25) is 0 Å². The fraction of sp³-hybridized carbons (Fsp3) is 0.611. The van der Waals surface area contributed by atoms with E-state index in [1.165, 1.54) is 44.2 Å². The first-order chi connectivity index (χ1) is 10.6. The monoisotopic (exact) mass is 368 g/mol. The average Bonchev–Trinajstić information content (AvgIpc) is 2.91. The highest BCUT2D eigenvalue weighted by Gasteiger charge is 2.40. The molecule has 2 nitrogen and oxygen atoms in total. The molecule has 2 fully saturated rings. The molecule has 0 aromatic heterocycles. The van der Waals surface area contributed by atoms with E-state index in [1.54, 1.807) is 12.1 Å².